The van der Waals surface area contributed by atoms with Crippen molar-refractivity contribution in [2.45, 2.75) is 9.96 Å². The van der Waals surface area contributed by atoms with Crippen molar-refractivity contribution in [1.82, 2.24) is 5.43 Å². The van der Waals surface area contributed by atoms with E-state index in [1.165, 1.54) is 4.21 Å². The number of hydrazine groups is 1. The Bertz CT molecular complexity index is 465. The number of rotatable bonds is 4. The molecule has 0 radical (unpaired) electrons. The second kappa shape index (κ2) is 5.20. The fourth-order valence-electron chi connectivity index (χ4n) is 1.14. The van der Waals surface area contributed by atoms with Crippen LogP contribution < -0.4 is 11.3 Å². The van der Waals surface area contributed by atoms with E-state index in [-0.39, 0.29) is 5.76 Å². The molecule has 2 aromatic heterocycles. The van der Waals surface area contributed by atoms with Gasteiger partial charge in [0.05, 0.1) is 9.96 Å². The van der Waals surface area contributed by atoms with E-state index in [9.17, 15) is 4.79 Å². The number of nitrogens with two attached hydrogens (primary N) is 1. The van der Waals surface area contributed by atoms with Gasteiger partial charge in [-0.1, -0.05) is 6.07 Å². The number of carbonyl (C=O) groups excluding carboxylic acids is 1. The molecule has 0 fully saturated rings. The summed E-state index contributed by atoms with van der Waals surface area (Å²) in [6.07, 6.45) is 0. The van der Waals surface area contributed by atoms with E-state index in [0.717, 1.165) is 5.76 Å². The molecule has 0 spiro atoms. The molecule has 0 atom stereocenters. The molecular formula is C10H10N2O2S2. The number of amides is 1. The number of nitrogens with one attached hydrogen (secondary N) is 1. The van der Waals surface area contributed by atoms with Gasteiger partial charge < -0.3 is 4.42 Å². The van der Waals surface area contributed by atoms with Gasteiger partial charge in [0.25, 0.3) is 0 Å². The van der Waals surface area contributed by atoms with Crippen LogP contribution in [-0.4, -0.2) is 5.91 Å². The predicted octanol–water partition coefficient (Wildman–Crippen LogP) is 2.24. The van der Waals surface area contributed by atoms with Crippen molar-refractivity contribution >= 4 is 29.0 Å². The SMILES string of the molecule is NNC(=O)c1ccc(CSc2cccs2)o1. The van der Waals surface area contributed by atoms with Crippen LogP contribution in [0.1, 0.15) is 16.3 Å². The lowest BCUT2D eigenvalue weighted by atomic mass is 10.4. The van der Waals surface area contributed by atoms with Crippen molar-refractivity contribution in [3.63, 3.8) is 0 Å². The summed E-state index contributed by atoms with van der Waals surface area (Å²) in [7, 11) is 0. The Morgan fingerprint density at radius 3 is 3.06 bits per heavy atom. The van der Waals surface area contributed by atoms with Crippen molar-refractivity contribution in [3.05, 3.63) is 41.2 Å². The molecule has 84 valence electrons. The number of furan rings is 1. The van der Waals surface area contributed by atoms with Gasteiger partial charge >= 0.3 is 5.91 Å². The maximum absolute atomic E-state index is 11.1. The second-order valence-corrected chi connectivity index (χ2v) is 5.18. The maximum Gasteiger partial charge on any atom is 0.300 e. The molecular weight excluding hydrogens is 244 g/mol. The number of hydrogen-bond donors (Lipinski definition) is 2. The highest BCUT2D eigenvalue weighted by atomic mass is 32.2. The van der Waals surface area contributed by atoms with E-state index in [4.69, 9.17) is 10.3 Å². The van der Waals surface area contributed by atoms with Crippen molar-refractivity contribution in [3.8, 4) is 0 Å². The number of thioether (sulfide) groups is 1. The van der Waals surface area contributed by atoms with Crippen molar-refractivity contribution in [2.75, 3.05) is 0 Å². The zero-order valence-electron chi connectivity index (χ0n) is 8.30. The first-order valence-corrected chi connectivity index (χ1v) is 6.42. The molecule has 0 unspecified atom stereocenters. The summed E-state index contributed by atoms with van der Waals surface area (Å²) in [4.78, 5) is 11.1. The topological polar surface area (TPSA) is 68.3 Å². The van der Waals surface area contributed by atoms with Gasteiger partial charge in [0.15, 0.2) is 5.76 Å². The largest absolute Gasteiger partial charge is 0.455 e. The van der Waals surface area contributed by atoms with Crippen LogP contribution in [0.2, 0.25) is 0 Å². The van der Waals surface area contributed by atoms with E-state index in [0.29, 0.717) is 5.75 Å². The monoisotopic (exact) mass is 254 g/mol. The predicted molar refractivity (Wildman–Crippen MR) is 64.2 cm³/mol. The molecule has 4 nitrogen and oxygen atoms in total. The van der Waals surface area contributed by atoms with Crippen LogP contribution in [0.15, 0.2) is 38.3 Å². The summed E-state index contributed by atoms with van der Waals surface area (Å²) in [5.41, 5.74) is 2.03. The Morgan fingerprint density at radius 2 is 2.38 bits per heavy atom. The molecule has 0 aliphatic rings. The standard InChI is InChI=1S/C10H10N2O2S2/c11-12-10(13)8-4-3-7(14-8)6-16-9-2-1-5-15-9/h1-5H,6,11H2,(H,12,13). The smallest absolute Gasteiger partial charge is 0.300 e. The summed E-state index contributed by atoms with van der Waals surface area (Å²) in [5, 5.41) is 2.03. The minimum absolute atomic E-state index is 0.240. The van der Waals surface area contributed by atoms with E-state index < -0.39 is 5.91 Å². The maximum atomic E-state index is 11.1. The number of hydrogen-bond acceptors (Lipinski definition) is 5. The zero-order chi connectivity index (χ0) is 11.4. The van der Waals surface area contributed by atoms with Gasteiger partial charge in [-0.25, -0.2) is 5.84 Å². The lowest BCUT2D eigenvalue weighted by molar-refractivity contribution is 0.0924. The van der Waals surface area contributed by atoms with E-state index in [1.807, 2.05) is 22.9 Å². The normalized spacial score (nSPS) is 10.3. The highest BCUT2D eigenvalue weighted by Gasteiger charge is 2.09. The number of nitrogen functional groups attached to an aromatic ring is 1. The summed E-state index contributed by atoms with van der Waals surface area (Å²) in [6.45, 7) is 0. The number of thiophene rings is 1. The summed E-state index contributed by atoms with van der Waals surface area (Å²) in [5.74, 6) is 6.30. The molecule has 0 aromatic carbocycles. The van der Waals surface area contributed by atoms with E-state index in [2.05, 4.69) is 0 Å². The van der Waals surface area contributed by atoms with Crippen LogP contribution in [0.25, 0.3) is 0 Å². The summed E-state index contributed by atoms with van der Waals surface area (Å²) in [6, 6.07) is 7.45. The Balaban J connectivity index is 1.95. The summed E-state index contributed by atoms with van der Waals surface area (Å²) < 4.78 is 6.55. The van der Waals surface area contributed by atoms with Gasteiger partial charge in [0, 0.05) is 0 Å². The fourth-order valence-corrected chi connectivity index (χ4v) is 2.81. The van der Waals surface area contributed by atoms with Gasteiger partial charge in [-0.15, -0.1) is 23.1 Å². The van der Waals surface area contributed by atoms with Crippen molar-refractivity contribution < 1.29 is 9.21 Å². The van der Waals surface area contributed by atoms with Crippen LogP contribution in [0.3, 0.4) is 0 Å². The quantitative estimate of drug-likeness (QED) is 0.380. The van der Waals surface area contributed by atoms with E-state index in [1.54, 1.807) is 35.2 Å². The van der Waals surface area contributed by atoms with Crippen LogP contribution in [0.4, 0.5) is 0 Å². The Kier molecular flexibility index (Phi) is 3.66. The molecule has 1 amide bonds. The Labute approximate surface area is 101 Å². The molecule has 0 saturated heterocycles. The number of carbonyl (C=O) groups is 1. The lowest BCUT2D eigenvalue weighted by Crippen LogP contribution is -2.29. The molecule has 0 aliphatic heterocycles. The van der Waals surface area contributed by atoms with Gasteiger partial charge in [-0.2, -0.15) is 0 Å². The average molecular weight is 254 g/mol. The fraction of sp³-hybridized carbons (Fsp3) is 0.100. The Morgan fingerprint density at radius 1 is 1.50 bits per heavy atom. The van der Waals surface area contributed by atoms with Crippen molar-refractivity contribution in [2.24, 2.45) is 5.84 Å². The molecule has 2 rings (SSSR count). The second-order valence-electron chi connectivity index (χ2n) is 2.96. The molecule has 0 aliphatic carbocycles. The lowest BCUT2D eigenvalue weighted by Gasteiger charge is -1.95. The van der Waals surface area contributed by atoms with Crippen LogP contribution in [0, 0.1) is 0 Å². The Hall–Kier alpha value is -1.24. The minimum Gasteiger partial charge on any atom is -0.455 e. The molecule has 6 heteroatoms. The molecule has 2 heterocycles. The third-order valence-electron chi connectivity index (χ3n) is 1.87. The zero-order valence-corrected chi connectivity index (χ0v) is 9.94. The first kappa shape index (κ1) is 11.3. The first-order chi connectivity index (χ1) is 7.79. The third kappa shape index (κ3) is 2.66. The van der Waals surface area contributed by atoms with E-state index >= 15 is 0 Å². The average Bonchev–Trinajstić information content (AvgIpc) is 2.96. The first-order valence-electron chi connectivity index (χ1n) is 4.55. The van der Waals surface area contributed by atoms with Crippen LogP contribution in [-0.2, 0) is 5.75 Å². The van der Waals surface area contributed by atoms with Crippen LogP contribution >= 0.6 is 23.1 Å². The highest BCUT2D eigenvalue weighted by molar-refractivity contribution is 8.00. The van der Waals surface area contributed by atoms with Crippen molar-refractivity contribution in [1.29, 1.82) is 0 Å². The third-order valence-corrected chi connectivity index (χ3v) is 4.02. The minimum atomic E-state index is -0.410. The van der Waals surface area contributed by atoms with Crippen LogP contribution in [0.5, 0.6) is 0 Å². The molecule has 16 heavy (non-hydrogen) atoms. The molecule has 0 bridgehead atoms. The van der Waals surface area contributed by atoms with Gasteiger partial charge in [0.1, 0.15) is 5.76 Å². The molecule has 3 N–H and O–H groups in total. The summed E-state index contributed by atoms with van der Waals surface area (Å²) >= 11 is 3.36. The van der Waals surface area contributed by atoms with Gasteiger partial charge in [-0.05, 0) is 23.6 Å². The van der Waals surface area contributed by atoms with Gasteiger partial charge in [0.2, 0.25) is 0 Å². The molecule has 2 aromatic rings. The highest BCUT2D eigenvalue weighted by Crippen LogP contribution is 2.27. The molecule has 0 saturated carbocycles. The van der Waals surface area contributed by atoms with Gasteiger partial charge in [-0.3, -0.25) is 10.2 Å².